The first-order chi connectivity index (χ1) is 13.3. The Morgan fingerprint density at radius 2 is 1.86 bits per heavy atom. The number of nitro benzene ring substituents is 1. The van der Waals surface area contributed by atoms with Gasteiger partial charge in [-0.3, -0.25) is 10.1 Å². The second kappa shape index (κ2) is 9.14. The minimum Gasteiger partial charge on any atom is -0.466 e. The number of nitrogens with zero attached hydrogens (tertiary/aromatic N) is 1. The SMILES string of the molecule is COC(=O)C1=C(C)NC(C)=C(C(=O)OCCCO)C1c1cccc([N+](=O)[O-])c1. The number of benzene rings is 1. The number of rotatable bonds is 7. The highest BCUT2D eigenvalue weighted by molar-refractivity contribution is 5.99. The zero-order chi connectivity index (χ0) is 20.8. The van der Waals surface area contributed by atoms with Crippen molar-refractivity contribution >= 4 is 17.6 Å². The van der Waals surface area contributed by atoms with Gasteiger partial charge in [0.2, 0.25) is 0 Å². The number of nitro groups is 1. The summed E-state index contributed by atoms with van der Waals surface area (Å²) >= 11 is 0. The molecule has 0 aromatic heterocycles. The maximum absolute atomic E-state index is 12.7. The van der Waals surface area contributed by atoms with Crippen molar-refractivity contribution in [2.45, 2.75) is 26.2 Å². The molecule has 0 fully saturated rings. The topological polar surface area (TPSA) is 128 Å². The number of methoxy groups -OCH3 is 1. The van der Waals surface area contributed by atoms with E-state index in [0.717, 1.165) is 0 Å². The molecule has 1 aliphatic rings. The van der Waals surface area contributed by atoms with Crippen LogP contribution in [0.4, 0.5) is 5.69 Å². The van der Waals surface area contributed by atoms with E-state index in [4.69, 9.17) is 14.6 Å². The first-order valence-corrected chi connectivity index (χ1v) is 8.61. The Hall–Kier alpha value is -3.20. The number of ether oxygens (including phenoxy) is 2. The second-order valence-electron chi connectivity index (χ2n) is 6.19. The van der Waals surface area contributed by atoms with E-state index in [1.54, 1.807) is 19.9 Å². The van der Waals surface area contributed by atoms with Gasteiger partial charge in [-0.1, -0.05) is 12.1 Å². The lowest BCUT2D eigenvalue weighted by atomic mass is 9.80. The van der Waals surface area contributed by atoms with Crippen molar-refractivity contribution in [3.05, 3.63) is 62.5 Å². The lowest BCUT2D eigenvalue weighted by Crippen LogP contribution is -2.32. The molecule has 1 atom stereocenters. The molecule has 9 heteroatoms. The fourth-order valence-electron chi connectivity index (χ4n) is 3.10. The maximum Gasteiger partial charge on any atom is 0.336 e. The Bertz CT molecular complexity index is 858. The van der Waals surface area contributed by atoms with E-state index >= 15 is 0 Å². The minimum atomic E-state index is -0.893. The Morgan fingerprint density at radius 3 is 2.43 bits per heavy atom. The molecule has 1 aromatic rings. The van der Waals surface area contributed by atoms with Gasteiger partial charge in [-0.15, -0.1) is 0 Å². The van der Waals surface area contributed by atoms with E-state index in [1.165, 1.54) is 25.3 Å². The Kier molecular flexibility index (Phi) is 6.89. The average molecular weight is 390 g/mol. The van der Waals surface area contributed by atoms with Crippen LogP contribution in [0.2, 0.25) is 0 Å². The van der Waals surface area contributed by atoms with Crippen LogP contribution in [-0.4, -0.2) is 42.3 Å². The van der Waals surface area contributed by atoms with Gasteiger partial charge < -0.3 is 19.9 Å². The Labute approximate surface area is 161 Å². The van der Waals surface area contributed by atoms with Gasteiger partial charge in [0.05, 0.1) is 35.7 Å². The summed E-state index contributed by atoms with van der Waals surface area (Å²) in [6.45, 7) is 3.19. The van der Waals surface area contributed by atoms with Crippen LogP contribution in [-0.2, 0) is 19.1 Å². The van der Waals surface area contributed by atoms with Crippen molar-refractivity contribution in [3.8, 4) is 0 Å². The molecule has 1 aliphatic heterocycles. The summed E-state index contributed by atoms with van der Waals surface area (Å²) in [5.74, 6) is -2.23. The van der Waals surface area contributed by atoms with E-state index in [2.05, 4.69) is 5.32 Å². The molecule has 150 valence electrons. The summed E-state index contributed by atoms with van der Waals surface area (Å²) in [6, 6.07) is 5.74. The van der Waals surface area contributed by atoms with Gasteiger partial charge in [0.25, 0.3) is 5.69 Å². The van der Waals surface area contributed by atoms with Crippen molar-refractivity contribution in [3.63, 3.8) is 0 Å². The van der Waals surface area contributed by atoms with Crippen molar-refractivity contribution in [2.75, 3.05) is 20.3 Å². The zero-order valence-corrected chi connectivity index (χ0v) is 15.9. The van der Waals surface area contributed by atoms with Crippen LogP contribution >= 0.6 is 0 Å². The van der Waals surface area contributed by atoms with Gasteiger partial charge in [-0.2, -0.15) is 0 Å². The number of non-ortho nitro benzene ring substituents is 1. The molecule has 0 amide bonds. The standard InChI is InChI=1S/C19H22N2O7/c1-11-15(18(23)27-3)17(13-6-4-7-14(10-13)21(25)26)16(12(2)20-11)19(24)28-9-5-8-22/h4,6-7,10,17,20,22H,5,8-9H2,1-3H3. The quantitative estimate of drug-likeness (QED) is 0.313. The number of nitrogens with one attached hydrogen (secondary N) is 1. The first-order valence-electron chi connectivity index (χ1n) is 8.61. The van der Waals surface area contributed by atoms with Crippen LogP contribution in [0, 0.1) is 10.1 Å². The van der Waals surface area contributed by atoms with Crippen molar-refractivity contribution in [1.82, 2.24) is 5.32 Å². The molecule has 9 nitrogen and oxygen atoms in total. The van der Waals surface area contributed by atoms with Crippen LogP contribution in [0.1, 0.15) is 31.7 Å². The number of hydrogen-bond acceptors (Lipinski definition) is 8. The highest BCUT2D eigenvalue weighted by Gasteiger charge is 2.38. The van der Waals surface area contributed by atoms with Crippen LogP contribution in [0.5, 0.6) is 0 Å². The van der Waals surface area contributed by atoms with E-state index < -0.39 is 22.8 Å². The number of dihydropyridines is 1. The summed E-state index contributed by atoms with van der Waals surface area (Å²) in [5, 5.41) is 23.1. The van der Waals surface area contributed by atoms with Crippen LogP contribution in [0.15, 0.2) is 46.8 Å². The smallest absolute Gasteiger partial charge is 0.336 e. The number of allylic oxidation sites excluding steroid dienone is 2. The van der Waals surface area contributed by atoms with Crippen molar-refractivity contribution in [1.29, 1.82) is 0 Å². The van der Waals surface area contributed by atoms with Gasteiger partial charge in [0.1, 0.15) is 0 Å². The van der Waals surface area contributed by atoms with E-state index in [-0.39, 0.29) is 36.5 Å². The average Bonchev–Trinajstić information content (AvgIpc) is 2.67. The fraction of sp³-hybridized carbons (Fsp3) is 0.368. The lowest BCUT2D eigenvalue weighted by Gasteiger charge is -2.30. The maximum atomic E-state index is 12.7. The molecule has 1 heterocycles. The third kappa shape index (κ3) is 4.37. The number of carbonyl (C=O) groups excluding carboxylic acids is 2. The second-order valence-corrected chi connectivity index (χ2v) is 6.19. The summed E-state index contributed by atoms with van der Waals surface area (Å²) < 4.78 is 10.1. The highest BCUT2D eigenvalue weighted by Crippen LogP contribution is 2.40. The van der Waals surface area contributed by atoms with Gasteiger partial charge >= 0.3 is 11.9 Å². The number of esters is 2. The fourth-order valence-corrected chi connectivity index (χ4v) is 3.10. The largest absolute Gasteiger partial charge is 0.466 e. The molecule has 2 N–H and O–H groups in total. The summed E-state index contributed by atoms with van der Waals surface area (Å²) in [7, 11) is 1.22. The number of aliphatic hydroxyl groups excluding tert-OH is 1. The van der Waals surface area contributed by atoms with Gasteiger partial charge in [-0.25, -0.2) is 9.59 Å². The molecule has 0 aliphatic carbocycles. The van der Waals surface area contributed by atoms with Gasteiger partial charge in [0.15, 0.2) is 0 Å². The number of hydrogen-bond donors (Lipinski definition) is 2. The van der Waals surface area contributed by atoms with E-state index in [1.807, 2.05) is 0 Å². The summed E-state index contributed by atoms with van der Waals surface area (Å²) in [5.41, 5.74) is 1.50. The lowest BCUT2D eigenvalue weighted by molar-refractivity contribution is -0.384. The zero-order valence-electron chi connectivity index (χ0n) is 15.9. The molecule has 28 heavy (non-hydrogen) atoms. The predicted molar refractivity (Wildman–Crippen MR) is 99.1 cm³/mol. The van der Waals surface area contributed by atoms with Crippen molar-refractivity contribution < 1.29 is 29.1 Å². The Balaban J connectivity index is 2.60. The van der Waals surface area contributed by atoms with E-state index in [9.17, 15) is 19.7 Å². The summed E-state index contributed by atoms with van der Waals surface area (Å²) in [4.78, 5) is 35.8. The molecular weight excluding hydrogens is 368 g/mol. The predicted octanol–water partition coefficient (Wildman–Crippen LogP) is 1.93. The third-order valence-electron chi connectivity index (χ3n) is 4.34. The number of aliphatic hydroxyl groups is 1. The molecule has 0 saturated heterocycles. The van der Waals surface area contributed by atoms with Gasteiger partial charge in [-0.05, 0) is 19.4 Å². The molecule has 0 radical (unpaired) electrons. The molecule has 0 saturated carbocycles. The molecular formula is C19H22N2O7. The van der Waals surface area contributed by atoms with Crippen LogP contribution < -0.4 is 5.32 Å². The molecule has 0 spiro atoms. The highest BCUT2D eigenvalue weighted by atomic mass is 16.6. The normalized spacial score (nSPS) is 16.5. The van der Waals surface area contributed by atoms with Crippen LogP contribution in [0.25, 0.3) is 0 Å². The molecule has 1 unspecified atom stereocenters. The number of carbonyl (C=O) groups is 2. The molecule has 1 aromatic carbocycles. The van der Waals surface area contributed by atoms with Crippen molar-refractivity contribution in [2.24, 2.45) is 0 Å². The molecule has 0 bridgehead atoms. The third-order valence-corrected chi connectivity index (χ3v) is 4.34. The minimum absolute atomic E-state index is 0.00399. The Morgan fingerprint density at radius 1 is 1.21 bits per heavy atom. The van der Waals surface area contributed by atoms with Gasteiger partial charge in [0, 0.05) is 36.6 Å². The van der Waals surface area contributed by atoms with E-state index in [0.29, 0.717) is 17.0 Å². The van der Waals surface area contributed by atoms with Crippen LogP contribution in [0.3, 0.4) is 0 Å². The molecule has 2 rings (SSSR count). The summed E-state index contributed by atoms with van der Waals surface area (Å²) in [6.07, 6.45) is 0.270. The first kappa shape index (κ1) is 21.1. The monoisotopic (exact) mass is 390 g/mol.